The van der Waals surface area contributed by atoms with Crippen molar-refractivity contribution in [2.75, 3.05) is 33.5 Å². The van der Waals surface area contributed by atoms with Crippen LogP contribution in [0.5, 0.6) is 0 Å². The molecule has 118 valence electrons. The Morgan fingerprint density at radius 2 is 1.80 bits per heavy atom. The van der Waals surface area contributed by atoms with Crippen LogP contribution in [0.1, 0.15) is 13.8 Å². The molecule has 0 bridgehead atoms. The standard InChI is InChI=1S/C10H20NO8P/c1-8(12)16-6-10(19-9(2)13)7-18-20(14,15-3)17-5-4-11/h10H,4-7,11H2,1-3H3. The second kappa shape index (κ2) is 9.84. The topological polar surface area (TPSA) is 123 Å². The Hall–Kier alpha value is -0.990. The first kappa shape index (κ1) is 19.0. The first-order valence-corrected chi connectivity index (χ1v) is 7.24. The molecule has 0 amide bonds. The van der Waals surface area contributed by atoms with Crippen molar-refractivity contribution < 1.29 is 37.2 Å². The van der Waals surface area contributed by atoms with Gasteiger partial charge >= 0.3 is 19.8 Å². The van der Waals surface area contributed by atoms with Gasteiger partial charge in [-0.1, -0.05) is 0 Å². The van der Waals surface area contributed by atoms with E-state index in [-0.39, 0.29) is 26.4 Å². The Balaban J connectivity index is 4.43. The maximum absolute atomic E-state index is 11.9. The lowest BCUT2D eigenvalue weighted by molar-refractivity contribution is -0.158. The average Bonchev–Trinajstić information content (AvgIpc) is 2.39. The molecule has 0 saturated heterocycles. The molecule has 0 radical (unpaired) electrons. The van der Waals surface area contributed by atoms with Gasteiger partial charge < -0.3 is 15.2 Å². The van der Waals surface area contributed by atoms with Crippen molar-refractivity contribution >= 4 is 19.8 Å². The van der Waals surface area contributed by atoms with E-state index < -0.39 is 25.9 Å². The summed E-state index contributed by atoms with van der Waals surface area (Å²) in [5.41, 5.74) is 5.21. The molecule has 0 aliphatic carbocycles. The number of phosphoric acid groups is 1. The summed E-state index contributed by atoms with van der Waals surface area (Å²) in [5.74, 6) is -1.14. The van der Waals surface area contributed by atoms with Crippen LogP contribution in [0.15, 0.2) is 0 Å². The summed E-state index contributed by atoms with van der Waals surface area (Å²) in [5, 5.41) is 0. The molecule has 0 aliphatic heterocycles. The van der Waals surface area contributed by atoms with Gasteiger partial charge in [-0.25, -0.2) is 4.57 Å². The zero-order valence-electron chi connectivity index (χ0n) is 11.7. The first-order valence-electron chi connectivity index (χ1n) is 5.78. The first-order chi connectivity index (χ1) is 9.33. The van der Waals surface area contributed by atoms with E-state index in [0.717, 1.165) is 7.11 Å². The van der Waals surface area contributed by atoms with Crippen LogP contribution < -0.4 is 5.73 Å². The monoisotopic (exact) mass is 313 g/mol. The van der Waals surface area contributed by atoms with Gasteiger partial charge in [0.15, 0.2) is 6.10 Å². The molecular formula is C10H20NO8P. The van der Waals surface area contributed by atoms with Crippen LogP contribution in [-0.4, -0.2) is 51.5 Å². The van der Waals surface area contributed by atoms with E-state index in [1.54, 1.807) is 0 Å². The highest BCUT2D eigenvalue weighted by Crippen LogP contribution is 2.48. The van der Waals surface area contributed by atoms with Gasteiger partial charge in [-0.2, -0.15) is 0 Å². The molecule has 9 nitrogen and oxygen atoms in total. The average molecular weight is 313 g/mol. The van der Waals surface area contributed by atoms with Crippen molar-refractivity contribution in [1.82, 2.24) is 0 Å². The second-order valence-electron chi connectivity index (χ2n) is 3.58. The lowest BCUT2D eigenvalue weighted by Gasteiger charge is -2.20. The summed E-state index contributed by atoms with van der Waals surface area (Å²) in [6, 6.07) is 0. The number of rotatable bonds is 10. The fraction of sp³-hybridized carbons (Fsp3) is 0.800. The third-order valence-electron chi connectivity index (χ3n) is 1.81. The smallest absolute Gasteiger partial charge is 0.462 e. The maximum atomic E-state index is 11.9. The van der Waals surface area contributed by atoms with Crippen LogP contribution in [0.2, 0.25) is 0 Å². The van der Waals surface area contributed by atoms with Crippen molar-refractivity contribution in [3.63, 3.8) is 0 Å². The summed E-state index contributed by atoms with van der Waals surface area (Å²) in [4.78, 5) is 21.6. The van der Waals surface area contributed by atoms with Crippen LogP contribution in [-0.2, 0) is 37.2 Å². The van der Waals surface area contributed by atoms with Crippen molar-refractivity contribution in [2.45, 2.75) is 20.0 Å². The van der Waals surface area contributed by atoms with Crippen molar-refractivity contribution in [3.8, 4) is 0 Å². The van der Waals surface area contributed by atoms with Crippen molar-refractivity contribution in [3.05, 3.63) is 0 Å². The second-order valence-corrected chi connectivity index (χ2v) is 5.36. The molecular weight excluding hydrogens is 293 g/mol. The van der Waals surface area contributed by atoms with E-state index in [0.29, 0.717) is 0 Å². The Labute approximate surface area is 117 Å². The quantitative estimate of drug-likeness (QED) is 0.445. The summed E-state index contributed by atoms with van der Waals surface area (Å²) < 4.78 is 35.9. The highest BCUT2D eigenvalue weighted by molar-refractivity contribution is 7.48. The van der Waals surface area contributed by atoms with E-state index in [4.69, 9.17) is 24.3 Å². The van der Waals surface area contributed by atoms with Crippen molar-refractivity contribution in [1.29, 1.82) is 0 Å². The van der Waals surface area contributed by atoms with Gasteiger partial charge in [0.2, 0.25) is 0 Å². The van der Waals surface area contributed by atoms with Gasteiger partial charge in [0.25, 0.3) is 0 Å². The third kappa shape index (κ3) is 9.00. The molecule has 10 heteroatoms. The predicted molar refractivity (Wildman–Crippen MR) is 67.8 cm³/mol. The lowest BCUT2D eigenvalue weighted by atomic mass is 10.4. The number of hydrogen-bond acceptors (Lipinski definition) is 9. The van der Waals surface area contributed by atoms with Gasteiger partial charge in [-0.3, -0.25) is 23.2 Å². The lowest BCUT2D eigenvalue weighted by Crippen LogP contribution is -2.28. The van der Waals surface area contributed by atoms with E-state index in [1.165, 1.54) is 13.8 Å². The highest BCUT2D eigenvalue weighted by atomic mass is 31.2. The Bertz CT molecular complexity index is 361. The summed E-state index contributed by atoms with van der Waals surface area (Å²) in [6.07, 6.45) is -0.915. The van der Waals surface area contributed by atoms with Crippen LogP contribution in [0.3, 0.4) is 0 Å². The molecule has 2 atom stereocenters. The van der Waals surface area contributed by atoms with E-state index in [2.05, 4.69) is 4.52 Å². The molecule has 0 aromatic heterocycles. The molecule has 0 aromatic carbocycles. The van der Waals surface area contributed by atoms with Gasteiger partial charge in [-0.15, -0.1) is 0 Å². The molecule has 0 heterocycles. The minimum Gasteiger partial charge on any atom is -0.462 e. The molecule has 2 unspecified atom stereocenters. The molecule has 0 fully saturated rings. The minimum absolute atomic E-state index is 0.0205. The number of carbonyl (C=O) groups is 2. The highest BCUT2D eigenvalue weighted by Gasteiger charge is 2.27. The Morgan fingerprint density at radius 1 is 1.15 bits per heavy atom. The largest absolute Gasteiger partial charge is 0.474 e. The fourth-order valence-corrected chi connectivity index (χ4v) is 2.01. The van der Waals surface area contributed by atoms with Crippen LogP contribution in [0.25, 0.3) is 0 Å². The van der Waals surface area contributed by atoms with E-state index in [1.807, 2.05) is 0 Å². The maximum Gasteiger partial charge on any atom is 0.474 e. The zero-order chi connectivity index (χ0) is 15.6. The molecule has 0 aliphatic rings. The molecule has 0 aromatic rings. The predicted octanol–water partition coefficient (Wildman–Crippen LogP) is 0.228. The molecule has 0 rings (SSSR count). The number of hydrogen-bond donors (Lipinski definition) is 1. The molecule has 0 spiro atoms. The SMILES string of the molecule is COP(=O)(OCCN)OCC(COC(C)=O)OC(C)=O. The normalized spacial score (nSPS) is 15.2. The number of ether oxygens (including phenoxy) is 2. The summed E-state index contributed by atoms with van der Waals surface area (Å²) in [7, 11) is -2.63. The van der Waals surface area contributed by atoms with Gasteiger partial charge in [0, 0.05) is 27.5 Å². The van der Waals surface area contributed by atoms with Crippen LogP contribution in [0, 0.1) is 0 Å². The van der Waals surface area contributed by atoms with E-state index >= 15 is 0 Å². The number of nitrogens with two attached hydrogens (primary N) is 1. The third-order valence-corrected chi connectivity index (χ3v) is 3.23. The number of esters is 2. The molecule has 0 saturated carbocycles. The Morgan fingerprint density at radius 3 is 2.25 bits per heavy atom. The minimum atomic E-state index is -3.77. The number of carbonyl (C=O) groups excluding carboxylic acids is 2. The van der Waals surface area contributed by atoms with Gasteiger partial charge in [0.1, 0.15) is 6.61 Å². The summed E-state index contributed by atoms with van der Waals surface area (Å²) >= 11 is 0. The number of phosphoric ester groups is 1. The molecule has 2 N–H and O–H groups in total. The summed E-state index contributed by atoms with van der Waals surface area (Å²) in [6.45, 7) is 1.96. The van der Waals surface area contributed by atoms with Gasteiger partial charge in [0.05, 0.1) is 13.2 Å². The van der Waals surface area contributed by atoms with E-state index in [9.17, 15) is 14.2 Å². The van der Waals surface area contributed by atoms with Crippen LogP contribution >= 0.6 is 7.82 Å². The zero-order valence-corrected chi connectivity index (χ0v) is 12.6. The van der Waals surface area contributed by atoms with Crippen molar-refractivity contribution in [2.24, 2.45) is 5.73 Å². The Kier molecular flexibility index (Phi) is 9.35. The fourth-order valence-electron chi connectivity index (χ4n) is 1.04. The van der Waals surface area contributed by atoms with Crippen LogP contribution in [0.4, 0.5) is 0 Å². The van der Waals surface area contributed by atoms with Gasteiger partial charge in [-0.05, 0) is 0 Å². The molecule has 20 heavy (non-hydrogen) atoms.